The molecular weight excluding hydrogens is 470 g/mol. The predicted molar refractivity (Wildman–Crippen MR) is 129 cm³/mol. The SMILES string of the molecule is O=C(c1ccc(/C=C2\SC(=O)N(Cc3c(F)cccc3F)C2=O)cc1)N1CCc2ccccc2C1. The van der Waals surface area contributed by atoms with Gasteiger partial charge in [-0.05, 0) is 65.2 Å². The number of carbonyl (C=O) groups excluding carboxylic acids is 3. The van der Waals surface area contributed by atoms with Gasteiger partial charge in [0.15, 0.2) is 0 Å². The van der Waals surface area contributed by atoms with E-state index in [4.69, 9.17) is 0 Å². The Balaban J connectivity index is 1.29. The van der Waals surface area contributed by atoms with E-state index in [1.165, 1.54) is 17.7 Å². The van der Waals surface area contributed by atoms with Gasteiger partial charge in [0.1, 0.15) is 11.6 Å². The van der Waals surface area contributed by atoms with E-state index in [2.05, 4.69) is 6.07 Å². The second-order valence-corrected chi connectivity index (χ2v) is 9.33. The third-order valence-corrected chi connectivity index (χ3v) is 7.03. The predicted octanol–water partition coefficient (Wildman–Crippen LogP) is 5.40. The van der Waals surface area contributed by atoms with Crippen molar-refractivity contribution >= 4 is 34.9 Å². The summed E-state index contributed by atoms with van der Waals surface area (Å²) in [6, 6.07) is 18.3. The average molecular weight is 491 g/mol. The van der Waals surface area contributed by atoms with Gasteiger partial charge in [0, 0.05) is 24.2 Å². The van der Waals surface area contributed by atoms with Crippen molar-refractivity contribution in [3.63, 3.8) is 0 Å². The van der Waals surface area contributed by atoms with Crippen LogP contribution in [0.5, 0.6) is 0 Å². The molecule has 176 valence electrons. The lowest BCUT2D eigenvalue weighted by molar-refractivity contribution is -0.123. The molecule has 0 unspecified atom stereocenters. The Morgan fingerprint density at radius 2 is 1.60 bits per heavy atom. The van der Waals surface area contributed by atoms with Crippen LogP contribution in [0.2, 0.25) is 0 Å². The minimum Gasteiger partial charge on any atom is -0.334 e. The zero-order valence-electron chi connectivity index (χ0n) is 18.5. The minimum absolute atomic E-state index is 0.0710. The van der Waals surface area contributed by atoms with Gasteiger partial charge < -0.3 is 4.90 Å². The highest BCUT2D eigenvalue weighted by atomic mass is 32.2. The van der Waals surface area contributed by atoms with Crippen molar-refractivity contribution in [1.29, 1.82) is 0 Å². The number of nitrogens with zero attached hydrogens (tertiary/aromatic N) is 2. The molecule has 0 N–H and O–H groups in total. The van der Waals surface area contributed by atoms with Crippen LogP contribution in [0.3, 0.4) is 0 Å². The maximum Gasteiger partial charge on any atom is 0.293 e. The van der Waals surface area contributed by atoms with Gasteiger partial charge in [0.2, 0.25) is 0 Å². The molecule has 1 saturated heterocycles. The van der Waals surface area contributed by atoms with Crippen LogP contribution in [0.4, 0.5) is 13.6 Å². The van der Waals surface area contributed by atoms with E-state index < -0.39 is 29.3 Å². The van der Waals surface area contributed by atoms with Crippen LogP contribution in [0.15, 0.2) is 71.6 Å². The van der Waals surface area contributed by atoms with Crippen LogP contribution >= 0.6 is 11.8 Å². The molecule has 0 spiro atoms. The highest BCUT2D eigenvalue weighted by Crippen LogP contribution is 2.34. The first-order chi connectivity index (χ1) is 16.9. The van der Waals surface area contributed by atoms with Crippen molar-refractivity contribution in [3.8, 4) is 0 Å². The second kappa shape index (κ2) is 9.46. The van der Waals surface area contributed by atoms with Crippen LogP contribution in [0.1, 0.15) is 32.6 Å². The first-order valence-electron chi connectivity index (χ1n) is 11.0. The van der Waals surface area contributed by atoms with E-state index in [9.17, 15) is 23.2 Å². The molecular formula is C27H20F2N2O3S. The van der Waals surface area contributed by atoms with Gasteiger partial charge in [0.25, 0.3) is 17.1 Å². The monoisotopic (exact) mass is 490 g/mol. The van der Waals surface area contributed by atoms with E-state index in [1.54, 1.807) is 24.3 Å². The first-order valence-corrected chi connectivity index (χ1v) is 11.9. The van der Waals surface area contributed by atoms with Gasteiger partial charge in [-0.25, -0.2) is 8.78 Å². The molecule has 35 heavy (non-hydrogen) atoms. The number of hydrogen-bond donors (Lipinski definition) is 0. The summed E-state index contributed by atoms with van der Waals surface area (Å²) in [6.45, 7) is 0.729. The summed E-state index contributed by atoms with van der Waals surface area (Å²) < 4.78 is 27.9. The van der Waals surface area contributed by atoms with Crippen LogP contribution < -0.4 is 0 Å². The lowest BCUT2D eigenvalue weighted by atomic mass is 9.99. The van der Waals surface area contributed by atoms with Crippen molar-refractivity contribution in [1.82, 2.24) is 9.80 Å². The minimum atomic E-state index is -0.814. The summed E-state index contributed by atoms with van der Waals surface area (Å²) in [5.41, 5.74) is 3.24. The molecule has 3 amide bonds. The number of halogens is 2. The maximum absolute atomic E-state index is 14.0. The zero-order valence-corrected chi connectivity index (χ0v) is 19.4. The third kappa shape index (κ3) is 4.61. The number of amides is 3. The Morgan fingerprint density at radius 1 is 0.914 bits per heavy atom. The highest BCUT2D eigenvalue weighted by molar-refractivity contribution is 8.18. The van der Waals surface area contributed by atoms with E-state index in [-0.39, 0.29) is 16.4 Å². The molecule has 8 heteroatoms. The van der Waals surface area contributed by atoms with E-state index in [0.29, 0.717) is 36.0 Å². The molecule has 0 aromatic heterocycles. The van der Waals surface area contributed by atoms with Gasteiger partial charge in [-0.15, -0.1) is 0 Å². The Morgan fingerprint density at radius 3 is 2.31 bits per heavy atom. The molecule has 2 heterocycles. The summed E-state index contributed by atoms with van der Waals surface area (Å²) in [7, 11) is 0. The Labute approximate surface area is 205 Å². The molecule has 5 nitrogen and oxygen atoms in total. The maximum atomic E-state index is 14.0. The Hall–Kier alpha value is -3.78. The van der Waals surface area contributed by atoms with Gasteiger partial charge >= 0.3 is 0 Å². The molecule has 2 aliphatic rings. The van der Waals surface area contributed by atoms with Crippen molar-refractivity contribution in [2.45, 2.75) is 19.5 Å². The fourth-order valence-electron chi connectivity index (χ4n) is 4.20. The fraction of sp³-hybridized carbons (Fsp3) is 0.148. The smallest absolute Gasteiger partial charge is 0.293 e. The third-order valence-electron chi connectivity index (χ3n) is 6.12. The van der Waals surface area contributed by atoms with E-state index in [1.807, 2.05) is 23.1 Å². The lowest BCUT2D eigenvalue weighted by Gasteiger charge is -2.29. The quantitative estimate of drug-likeness (QED) is 0.460. The van der Waals surface area contributed by atoms with Crippen LogP contribution in [0.25, 0.3) is 6.08 Å². The number of fused-ring (bicyclic) bond motifs is 1. The fourth-order valence-corrected chi connectivity index (χ4v) is 5.04. The van der Waals surface area contributed by atoms with Crippen molar-refractivity contribution in [3.05, 3.63) is 111 Å². The molecule has 2 aliphatic heterocycles. The topological polar surface area (TPSA) is 57.7 Å². The number of hydrogen-bond acceptors (Lipinski definition) is 4. The van der Waals surface area contributed by atoms with Gasteiger partial charge in [-0.2, -0.15) is 0 Å². The highest BCUT2D eigenvalue weighted by Gasteiger charge is 2.36. The second-order valence-electron chi connectivity index (χ2n) is 8.34. The summed E-state index contributed by atoms with van der Waals surface area (Å²) in [5, 5.41) is -0.596. The number of carbonyl (C=O) groups is 3. The van der Waals surface area contributed by atoms with Crippen LogP contribution in [-0.2, 0) is 24.3 Å². The summed E-state index contributed by atoms with van der Waals surface area (Å²) in [4.78, 5) is 40.8. The molecule has 5 rings (SSSR count). The molecule has 0 aliphatic carbocycles. The lowest BCUT2D eigenvalue weighted by Crippen LogP contribution is -2.35. The first kappa shape index (κ1) is 23.0. The summed E-state index contributed by atoms with van der Waals surface area (Å²) in [5.74, 6) is -2.32. The summed E-state index contributed by atoms with van der Waals surface area (Å²) >= 11 is 0.713. The molecule has 0 atom stereocenters. The summed E-state index contributed by atoms with van der Waals surface area (Å²) in [6.07, 6.45) is 2.35. The van der Waals surface area contributed by atoms with E-state index in [0.717, 1.165) is 29.0 Å². The number of thioether (sulfide) groups is 1. The number of imide groups is 1. The molecule has 3 aromatic carbocycles. The largest absolute Gasteiger partial charge is 0.334 e. The van der Waals surface area contributed by atoms with Gasteiger partial charge in [0.05, 0.1) is 11.4 Å². The normalized spacial score (nSPS) is 16.7. The Kier molecular flexibility index (Phi) is 6.21. The van der Waals surface area contributed by atoms with Gasteiger partial charge in [-0.1, -0.05) is 42.5 Å². The molecule has 1 fully saturated rings. The number of rotatable bonds is 4. The standard InChI is InChI=1S/C27H20F2N2O3S/c28-22-6-3-7-23(29)21(22)16-31-26(33)24(35-27(31)34)14-17-8-10-19(11-9-17)25(32)30-13-12-18-4-1-2-5-20(18)15-30/h1-11,14H,12-13,15-16H2/b24-14-. The van der Waals surface area contributed by atoms with Gasteiger partial charge in [-0.3, -0.25) is 19.3 Å². The average Bonchev–Trinajstić information content (AvgIpc) is 3.13. The zero-order chi connectivity index (χ0) is 24.5. The molecule has 0 radical (unpaired) electrons. The Bertz CT molecular complexity index is 1350. The molecule has 0 saturated carbocycles. The van der Waals surface area contributed by atoms with Crippen LogP contribution in [0, 0.1) is 11.6 Å². The molecule has 0 bridgehead atoms. The van der Waals surface area contributed by atoms with Crippen molar-refractivity contribution < 1.29 is 23.2 Å². The molecule has 3 aromatic rings. The van der Waals surface area contributed by atoms with Crippen molar-refractivity contribution in [2.75, 3.05) is 6.54 Å². The van der Waals surface area contributed by atoms with Crippen molar-refractivity contribution in [2.24, 2.45) is 0 Å². The van der Waals surface area contributed by atoms with E-state index >= 15 is 0 Å². The van der Waals surface area contributed by atoms with Crippen LogP contribution in [-0.4, -0.2) is 33.4 Å². The number of benzene rings is 3.